The van der Waals surface area contributed by atoms with Crippen molar-refractivity contribution in [1.82, 2.24) is 10.0 Å². The molecule has 7 heteroatoms. The zero-order chi connectivity index (χ0) is 13.7. The van der Waals surface area contributed by atoms with Gasteiger partial charge in [-0.2, -0.15) is 0 Å². The van der Waals surface area contributed by atoms with Gasteiger partial charge in [0.25, 0.3) is 10.0 Å². The molecule has 0 aliphatic carbocycles. The van der Waals surface area contributed by atoms with Crippen molar-refractivity contribution in [2.24, 2.45) is 0 Å². The predicted octanol–water partition coefficient (Wildman–Crippen LogP) is 0.846. The van der Waals surface area contributed by atoms with E-state index in [-0.39, 0.29) is 11.2 Å². The first-order chi connectivity index (χ1) is 9.12. The molecular weight excluding hydrogens is 268 g/mol. The summed E-state index contributed by atoms with van der Waals surface area (Å²) in [7, 11) is -1.78. The van der Waals surface area contributed by atoms with Crippen LogP contribution in [0.1, 0.15) is 25.0 Å². The fourth-order valence-corrected chi connectivity index (χ4v) is 3.06. The Kier molecular flexibility index (Phi) is 4.98. The van der Waals surface area contributed by atoms with Gasteiger partial charge in [-0.1, -0.05) is 0 Å². The first-order valence-electron chi connectivity index (χ1n) is 6.46. The van der Waals surface area contributed by atoms with Gasteiger partial charge in [0, 0.05) is 13.2 Å². The van der Waals surface area contributed by atoms with Crippen molar-refractivity contribution in [2.45, 2.75) is 37.0 Å². The molecule has 0 spiro atoms. The Morgan fingerprint density at radius 3 is 2.95 bits per heavy atom. The van der Waals surface area contributed by atoms with Gasteiger partial charge >= 0.3 is 0 Å². The summed E-state index contributed by atoms with van der Waals surface area (Å²) in [5.41, 5.74) is 0. The molecule has 1 aromatic rings. The van der Waals surface area contributed by atoms with Gasteiger partial charge in [-0.3, -0.25) is 0 Å². The first kappa shape index (κ1) is 14.5. The third kappa shape index (κ3) is 4.04. The molecule has 108 valence electrons. The summed E-state index contributed by atoms with van der Waals surface area (Å²) in [5.74, 6) is 0.599. The molecule has 1 unspecified atom stereocenters. The Morgan fingerprint density at radius 2 is 2.26 bits per heavy atom. The molecule has 1 aliphatic heterocycles. The lowest BCUT2D eigenvalue weighted by molar-refractivity contribution is 0.105. The fraction of sp³-hybridized carbons (Fsp3) is 0.667. The molecule has 2 N–H and O–H groups in total. The quantitative estimate of drug-likeness (QED) is 0.777. The SMILES string of the molecule is CNCc1ccc(S(=O)(=O)NCCC2CCCO2)o1. The largest absolute Gasteiger partial charge is 0.447 e. The van der Waals surface area contributed by atoms with E-state index in [1.54, 1.807) is 13.1 Å². The second-order valence-corrected chi connectivity index (χ2v) is 6.27. The van der Waals surface area contributed by atoms with Crippen molar-refractivity contribution in [2.75, 3.05) is 20.2 Å². The number of hydrogen-bond donors (Lipinski definition) is 2. The van der Waals surface area contributed by atoms with Crippen LogP contribution in [-0.4, -0.2) is 34.7 Å². The van der Waals surface area contributed by atoms with E-state index in [4.69, 9.17) is 9.15 Å². The van der Waals surface area contributed by atoms with Crippen LogP contribution in [0.3, 0.4) is 0 Å². The molecule has 0 aromatic carbocycles. The van der Waals surface area contributed by atoms with Crippen LogP contribution in [-0.2, 0) is 21.3 Å². The zero-order valence-corrected chi connectivity index (χ0v) is 11.8. The maximum atomic E-state index is 12.0. The number of furan rings is 1. The van der Waals surface area contributed by atoms with E-state index in [1.165, 1.54) is 6.07 Å². The van der Waals surface area contributed by atoms with Gasteiger partial charge in [0.2, 0.25) is 5.09 Å². The third-order valence-corrected chi connectivity index (χ3v) is 4.37. The van der Waals surface area contributed by atoms with E-state index < -0.39 is 10.0 Å². The van der Waals surface area contributed by atoms with Crippen LogP contribution in [0.2, 0.25) is 0 Å². The van der Waals surface area contributed by atoms with E-state index in [0.717, 1.165) is 19.4 Å². The van der Waals surface area contributed by atoms with Crippen molar-refractivity contribution < 1.29 is 17.6 Å². The lowest BCUT2D eigenvalue weighted by atomic mass is 10.2. The van der Waals surface area contributed by atoms with E-state index in [9.17, 15) is 8.42 Å². The highest BCUT2D eigenvalue weighted by Crippen LogP contribution is 2.16. The summed E-state index contributed by atoms with van der Waals surface area (Å²) in [6.07, 6.45) is 2.94. The first-order valence-corrected chi connectivity index (χ1v) is 7.95. The van der Waals surface area contributed by atoms with Crippen LogP contribution < -0.4 is 10.0 Å². The molecule has 1 saturated heterocycles. The molecule has 0 amide bonds. The Balaban J connectivity index is 1.85. The van der Waals surface area contributed by atoms with Crippen LogP contribution in [0.15, 0.2) is 21.6 Å². The molecule has 1 atom stereocenters. The van der Waals surface area contributed by atoms with Crippen LogP contribution in [0.25, 0.3) is 0 Å². The van der Waals surface area contributed by atoms with Gasteiger partial charge < -0.3 is 14.5 Å². The van der Waals surface area contributed by atoms with Crippen LogP contribution in [0.4, 0.5) is 0 Å². The average Bonchev–Trinajstić information content (AvgIpc) is 3.00. The van der Waals surface area contributed by atoms with Gasteiger partial charge in [0.1, 0.15) is 5.76 Å². The van der Waals surface area contributed by atoms with Gasteiger partial charge in [-0.15, -0.1) is 0 Å². The number of sulfonamides is 1. The summed E-state index contributed by atoms with van der Waals surface area (Å²) in [4.78, 5) is 0. The highest BCUT2D eigenvalue weighted by atomic mass is 32.2. The summed E-state index contributed by atoms with van der Waals surface area (Å²) in [5, 5.41) is 2.87. The van der Waals surface area contributed by atoms with Gasteiger partial charge in [-0.05, 0) is 38.4 Å². The minimum atomic E-state index is -3.55. The predicted molar refractivity (Wildman–Crippen MR) is 70.3 cm³/mol. The molecule has 1 aliphatic rings. The Labute approximate surface area is 113 Å². The van der Waals surface area contributed by atoms with E-state index in [0.29, 0.717) is 25.3 Å². The molecular formula is C12H20N2O4S. The average molecular weight is 288 g/mol. The molecule has 2 rings (SSSR count). The standard InChI is InChI=1S/C12H20N2O4S/c1-13-9-11-4-5-12(18-11)19(15,16)14-7-6-10-3-2-8-17-10/h4-5,10,13-14H,2-3,6-9H2,1H3. The molecule has 0 bridgehead atoms. The summed E-state index contributed by atoms with van der Waals surface area (Å²) >= 11 is 0. The van der Waals surface area contributed by atoms with Gasteiger partial charge in [0.05, 0.1) is 12.6 Å². The lowest BCUT2D eigenvalue weighted by Crippen LogP contribution is -2.27. The van der Waals surface area contributed by atoms with Crippen LogP contribution in [0, 0.1) is 0 Å². The highest BCUT2D eigenvalue weighted by molar-refractivity contribution is 7.89. The summed E-state index contributed by atoms with van der Waals surface area (Å²) in [6.45, 7) is 1.66. The van der Waals surface area contributed by atoms with Crippen LogP contribution in [0.5, 0.6) is 0 Å². The molecule has 0 saturated carbocycles. The molecule has 1 fully saturated rings. The smallest absolute Gasteiger partial charge is 0.273 e. The Hall–Kier alpha value is -0.890. The number of ether oxygens (including phenoxy) is 1. The summed E-state index contributed by atoms with van der Waals surface area (Å²) in [6, 6.07) is 3.13. The minimum absolute atomic E-state index is 0.0370. The molecule has 6 nitrogen and oxygen atoms in total. The van der Waals surface area contributed by atoms with Crippen LogP contribution >= 0.6 is 0 Å². The van der Waals surface area contributed by atoms with E-state index in [1.807, 2.05) is 0 Å². The Morgan fingerprint density at radius 1 is 1.42 bits per heavy atom. The maximum absolute atomic E-state index is 12.0. The molecule has 1 aromatic heterocycles. The van der Waals surface area contributed by atoms with E-state index in [2.05, 4.69) is 10.0 Å². The third-order valence-electron chi connectivity index (χ3n) is 3.04. The zero-order valence-electron chi connectivity index (χ0n) is 11.0. The monoisotopic (exact) mass is 288 g/mol. The topological polar surface area (TPSA) is 80.6 Å². The minimum Gasteiger partial charge on any atom is -0.447 e. The van der Waals surface area contributed by atoms with Gasteiger partial charge in [-0.25, -0.2) is 13.1 Å². The van der Waals surface area contributed by atoms with E-state index >= 15 is 0 Å². The number of hydrogen-bond acceptors (Lipinski definition) is 5. The van der Waals surface area contributed by atoms with Crippen molar-refractivity contribution >= 4 is 10.0 Å². The second-order valence-electron chi connectivity index (χ2n) is 4.57. The van der Waals surface area contributed by atoms with Crippen molar-refractivity contribution in [3.05, 3.63) is 17.9 Å². The normalized spacial score (nSPS) is 19.9. The van der Waals surface area contributed by atoms with Crippen molar-refractivity contribution in [1.29, 1.82) is 0 Å². The fourth-order valence-electron chi connectivity index (χ4n) is 2.07. The molecule has 0 radical (unpaired) electrons. The second kappa shape index (κ2) is 6.51. The molecule has 19 heavy (non-hydrogen) atoms. The maximum Gasteiger partial charge on any atom is 0.273 e. The van der Waals surface area contributed by atoms with Crippen molar-refractivity contribution in [3.8, 4) is 0 Å². The number of nitrogens with one attached hydrogen (secondary N) is 2. The van der Waals surface area contributed by atoms with Crippen molar-refractivity contribution in [3.63, 3.8) is 0 Å². The molecule has 2 heterocycles. The number of rotatable bonds is 7. The highest BCUT2D eigenvalue weighted by Gasteiger charge is 2.20. The van der Waals surface area contributed by atoms with Gasteiger partial charge in [0.15, 0.2) is 0 Å². The Bertz CT molecular complexity index is 492. The summed E-state index contributed by atoms with van der Waals surface area (Å²) < 4.78 is 37.2. The lowest BCUT2D eigenvalue weighted by Gasteiger charge is -2.09.